The van der Waals surface area contributed by atoms with Crippen LogP contribution in [0.4, 0.5) is 4.79 Å². The average molecular weight is 404 g/mol. The van der Waals surface area contributed by atoms with E-state index in [9.17, 15) is 19.2 Å². The first kappa shape index (κ1) is 18.6. The van der Waals surface area contributed by atoms with Crippen LogP contribution in [0.1, 0.15) is 38.3 Å². The second-order valence-electron chi connectivity index (χ2n) is 7.24. The van der Waals surface area contributed by atoms with Crippen molar-refractivity contribution in [1.29, 1.82) is 0 Å². The van der Waals surface area contributed by atoms with Crippen LogP contribution in [-0.2, 0) is 20.9 Å². The number of hydrogen-bond acceptors (Lipinski definition) is 7. The third kappa shape index (κ3) is 3.07. The van der Waals surface area contributed by atoms with E-state index in [2.05, 4.69) is 10.3 Å². The van der Waals surface area contributed by atoms with Gasteiger partial charge in [-0.15, -0.1) is 11.3 Å². The molecule has 1 N–H and O–H groups in total. The Kier molecular flexibility index (Phi) is 4.66. The van der Waals surface area contributed by atoms with Crippen molar-refractivity contribution in [1.82, 2.24) is 19.6 Å². The van der Waals surface area contributed by atoms with Crippen LogP contribution in [0, 0.1) is 5.92 Å². The smallest absolute Gasteiger partial charge is 0.326 e. The van der Waals surface area contributed by atoms with Gasteiger partial charge in [-0.1, -0.05) is 19.8 Å². The fourth-order valence-corrected chi connectivity index (χ4v) is 4.67. The van der Waals surface area contributed by atoms with Gasteiger partial charge in [-0.25, -0.2) is 9.78 Å². The fourth-order valence-electron chi connectivity index (χ4n) is 3.93. The summed E-state index contributed by atoms with van der Waals surface area (Å²) in [5.41, 5.74) is -0.856. The first-order valence-electron chi connectivity index (χ1n) is 9.16. The van der Waals surface area contributed by atoms with Crippen molar-refractivity contribution in [2.45, 2.75) is 44.8 Å². The van der Waals surface area contributed by atoms with Gasteiger partial charge < -0.3 is 10.1 Å². The molecule has 0 bridgehead atoms. The number of rotatable bonds is 4. The van der Waals surface area contributed by atoms with Crippen molar-refractivity contribution in [2.75, 3.05) is 6.54 Å². The standard InChI is InChI=1S/C18H20N4O5S/c1-11-4-2-3-5-18(11)15(25)22(16(26)20-18)9-14(24)27-10-12-8-13(23)21-6-7-28-17(21)19-12/h6-8,11H,2-5,9-10H2,1H3,(H,20,26)/t11-,18+/m1/s1. The molecule has 0 radical (unpaired) electrons. The molecule has 3 amide bonds. The summed E-state index contributed by atoms with van der Waals surface area (Å²) in [5.74, 6) is -1.07. The van der Waals surface area contributed by atoms with E-state index in [0.29, 0.717) is 17.1 Å². The molecule has 1 aliphatic carbocycles. The molecule has 0 aromatic carbocycles. The van der Waals surface area contributed by atoms with E-state index in [-0.39, 0.29) is 24.0 Å². The monoisotopic (exact) mass is 404 g/mol. The molecular weight excluding hydrogens is 384 g/mol. The van der Waals surface area contributed by atoms with Crippen LogP contribution in [0.3, 0.4) is 0 Å². The molecule has 2 aromatic rings. The predicted octanol–water partition coefficient (Wildman–Crippen LogP) is 1.30. The van der Waals surface area contributed by atoms with Crippen LogP contribution < -0.4 is 10.9 Å². The summed E-state index contributed by atoms with van der Waals surface area (Å²) in [7, 11) is 0. The van der Waals surface area contributed by atoms with Gasteiger partial charge in [0.25, 0.3) is 11.5 Å². The molecule has 2 aromatic heterocycles. The van der Waals surface area contributed by atoms with Crippen molar-refractivity contribution in [3.8, 4) is 0 Å². The molecule has 1 saturated carbocycles. The maximum atomic E-state index is 12.9. The highest BCUT2D eigenvalue weighted by molar-refractivity contribution is 7.15. The molecule has 1 aliphatic heterocycles. The zero-order valence-corrected chi connectivity index (χ0v) is 16.2. The molecule has 1 spiro atoms. The number of carbonyl (C=O) groups is 3. The zero-order valence-electron chi connectivity index (χ0n) is 15.3. The fraction of sp³-hybridized carbons (Fsp3) is 0.500. The number of nitrogens with zero attached hydrogens (tertiary/aromatic N) is 3. The second kappa shape index (κ2) is 7.01. The molecule has 4 rings (SSSR count). The first-order valence-corrected chi connectivity index (χ1v) is 10.0. The lowest BCUT2D eigenvalue weighted by atomic mass is 9.73. The van der Waals surface area contributed by atoms with Gasteiger partial charge in [-0.3, -0.25) is 23.7 Å². The number of amides is 3. The summed E-state index contributed by atoms with van der Waals surface area (Å²) in [6.45, 7) is 1.29. The minimum Gasteiger partial charge on any atom is -0.458 e. The Labute approximate surface area is 164 Å². The van der Waals surface area contributed by atoms with Crippen LogP contribution >= 0.6 is 11.3 Å². The van der Waals surface area contributed by atoms with Crippen LogP contribution in [0.25, 0.3) is 4.96 Å². The second-order valence-corrected chi connectivity index (χ2v) is 8.11. The molecule has 9 nitrogen and oxygen atoms in total. The highest BCUT2D eigenvalue weighted by Gasteiger charge is 2.55. The van der Waals surface area contributed by atoms with Gasteiger partial charge in [0, 0.05) is 17.6 Å². The Morgan fingerprint density at radius 2 is 2.21 bits per heavy atom. The summed E-state index contributed by atoms with van der Waals surface area (Å²) < 4.78 is 6.55. The van der Waals surface area contributed by atoms with Gasteiger partial charge in [0.15, 0.2) is 4.96 Å². The number of nitrogens with one attached hydrogen (secondary N) is 1. The third-order valence-electron chi connectivity index (χ3n) is 5.53. The molecule has 1 saturated heterocycles. The zero-order chi connectivity index (χ0) is 19.9. The highest BCUT2D eigenvalue weighted by Crippen LogP contribution is 2.38. The number of thiazole rings is 1. The summed E-state index contributed by atoms with van der Waals surface area (Å²) >= 11 is 1.29. The number of esters is 1. The van der Waals surface area contributed by atoms with E-state index in [1.165, 1.54) is 21.8 Å². The van der Waals surface area contributed by atoms with Crippen molar-refractivity contribution < 1.29 is 19.1 Å². The van der Waals surface area contributed by atoms with Gasteiger partial charge in [0.05, 0.1) is 5.69 Å². The van der Waals surface area contributed by atoms with E-state index in [0.717, 1.165) is 24.2 Å². The molecule has 10 heteroatoms. The lowest BCUT2D eigenvalue weighted by Crippen LogP contribution is -2.54. The summed E-state index contributed by atoms with van der Waals surface area (Å²) in [5, 5.41) is 4.53. The lowest BCUT2D eigenvalue weighted by molar-refractivity contribution is -0.149. The minimum atomic E-state index is -0.907. The van der Waals surface area contributed by atoms with E-state index in [4.69, 9.17) is 4.74 Å². The number of carbonyl (C=O) groups excluding carboxylic acids is 3. The van der Waals surface area contributed by atoms with Crippen LogP contribution in [0.2, 0.25) is 0 Å². The Morgan fingerprint density at radius 3 is 3.00 bits per heavy atom. The summed E-state index contributed by atoms with van der Waals surface area (Å²) in [6.07, 6.45) is 4.94. The van der Waals surface area contributed by atoms with Gasteiger partial charge >= 0.3 is 12.0 Å². The van der Waals surface area contributed by atoms with Crippen molar-refractivity contribution in [3.63, 3.8) is 0 Å². The lowest BCUT2D eigenvalue weighted by Gasteiger charge is -2.36. The summed E-state index contributed by atoms with van der Waals surface area (Å²) in [6, 6.07) is 0.728. The van der Waals surface area contributed by atoms with E-state index < -0.39 is 24.1 Å². The van der Waals surface area contributed by atoms with Crippen LogP contribution in [0.5, 0.6) is 0 Å². The average Bonchev–Trinajstić information content (AvgIpc) is 3.22. The Hall–Kier alpha value is -2.75. The van der Waals surface area contributed by atoms with Crippen molar-refractivity contribution in [2.24, 2.45) is 5.92 Å². The normalized spacial score (nSPS) is 24.8. The molecule has 28 heavy (non-hydrogen) atoms. The number of aromatic nitrogens is 2. The maximum Gasteiger partial charge on any atom is 0.326 e. The van der Waals surface area contributed by atoms with Crippen LogP contribution in [-0.4, -0.2) is 44.3 Å². The molecule has 3 heterocycles. The molecule has 148 valence electrons. The topological polar surface area (TPSA) is 110 Å². The van der Waals surface area contributed by atoms with Gasteiger partial charge in [0.2, 0.25) is 0 Å². The highest BCUT2D eigenvalue weighted by atomic mass is 32.1. The Morgan fingerprint density at radius 1 is 1.39 bits per heavy atom. The van der Waals surface area contributed by atoms with Gasteiger partial charge in [0.1, 0.15) is 18.7 Å². The first-order chi connectivity index (χ1) is 13.4. The van der Waals surface area contributed by atoms with E-state index >= 15 is 0 Å². The third-order valence-corrected chi connectivity index (χ3v) is 6.28. The largest absolute Gasteiger partial charge is 0.458 e. The maximum absolute atomic E-state index is 12.9. The number of ether oxygens (including phenoxy) is 1. The molecular formula is C18H20N4O5S. The molecule has 2 aliphatic rings. The number of urea groups is 1. The minimum absolute atomic E-state index is 0.0217. The summed E-state index contributed by atoms with van der Waals surface area (Å²) in [4.78, 5) is 55.0. The molecule has 2 fully saturated rings. The quantitative estimate of drug-likeness (QED) is 0.608. The Bertz CT molecular complexity index is 1010. The van der Waals surface area contributed by atoms with Gasteiger partial charge in [-0.05, 0) is 18.8 Å². The van der Waals surface area contributed by atoms with Crippen molar-refractivity contribution >= 4 is 34.2 Å². The number of imide groups is 1. The van der Waals surface area contributed by atoms with E-state index in [1.54, 1.807) is 11.6 Å². The van der Waals surface area contributed by atoms with Gasteiger partial charge in [-0.2, -0.15) is 0 Å². The number of fused-ring (bicyclic) bond motifs is 1. The predicted molar refractivity (Wildman–Crippen MR) is 99.7 cm³/mol. The number of hydrogen-bond donors (Lipinski definition) is 1. The Balaban J connectivity index is 1.41. The van der Waals surface area contributed by atoms with Crippen LogP contribution in [0.15, 0.2) is 22.4 Å². The SMILES string of the molecule is C[C@@H]1CCCC[C@]12NC(=O)N(CC(=O)OCc1cc(=O)n3ccsc3n1)C2=O. The molecule has 2 atom stereocenters. The van der Waals surface area contributed by atoms with Crippen molar-refractivity contribution in [3.05, 3.63) is 33.7 Å². The van der Waals surface area contributed by atoms with E-state index in [1.807, 2.05) is 6.92 Å². The molecule has 0 unspecified atom stereocenters.